The van der Waals surface area contributed by atoms with Crippen molar-refractivity contribution in [3.05, 3.63) is 64.8 Å². The first kappa shape index (κ1) is 14.4. The van der Waals surface area contributed by atoms with Crippen LogP contribution in [-0.4, -0.2) is 16.1 Å². The second-order valence-electron chi connectivity index (χ2n) is 4.37. The Kier molecular flexibility index (Phi) is 3.97. The lowest BCUT2D eigenvalue weighted by Crippen LogP contribution is -2.18. The van der Waals surface area contributed by atoms with Gasteiger partial charge in [0.05, 0.1) is 10.6 Å². The first-order chi connectivity index (χ1) is 10.6. The number of rotatable bonds is 2. The maximum absolute atomic E-state index is 13.2. The molecule has 0 atom stereocenters. The highest BCUT2D eigenvalue weighted by Gasteiger charge is 2.23. The minimum absolute atomic E-state index is 0.216. The summed E-state index contributed by atoms with van der Waals surface area (Å²) in [5, 5.41) is 2.29. The number of amides is 1. The van der Waals surface area contributed by atoms with Gasteiger partial charge in [-0.1, -0.05) is 6.07 Å². The van der Waals surface area contributed by atoms with Gasteiger partial charge in [-0.2, -0.15) is 0 Å². The summed E-state index contributed by atoms with van der Waals surface area (Å²) in [5.74, 6) is -1.64. The highest BCUT2D eigenvalue weighted by molar-refractivity contribution is 8.18. The van der Waals surface area contributed by atoms with Gasteiger partial charge in [-0.05, 0) is 41.6 Å². The van der Waals surface area contributed by atoms with Crippen molar-refractivity contribution in [1.82, 2.24) is 10.3 Å². The van der Waals surface area contributed by atoms with Crippen LogP contribution in [0.15, 0.2) is 52.6 Å². The van der Waals surface area contributed by atoms with Gasteiger partial charge < -0.3 is 5.32 Å². The average Bonchev–Trinajstić information content (AvgIpc) is 2.83. The van der Waals surface area contributed by atoms with E-state index in [1.807, 2.05) is 6.07 Å². The van der Waals surface area contributed by atoms with Crippen LogP contribution in [0, 0.1) is 11.6 Å². The van der Waals surface area contributed by atoms with Crippen LogP contribution < -0.4 is 5.32 Å². The molecule has 0 unspecified atom stereocenters. The highest BCUT2D eigenvalue weighted by Crippen LogP contribution is 2.28. The van der Waals surface area contributed by atoms with Crippen molar-refractivity contribution < 1.29 is 13.6 Å². The third kappa shape index (κ3) is 3.20. The molecule has 1 aliphatic heterocycles. The SMILES string of the molecule is O=C1NC(=Nc2ccc(F)c(F)c2)/C(=C/c2cccnc2)S1. The molecule has 0 saturated carbocycles. The average molecular weight is 317 g/mol. The Bertz CT molecular complexity index is 791. The number of thioether (sulfide) groups is 1. The molecule has 1 amide bonds. The number of amidine groups is 1. The number of hydrogen-bond acceptors (Lipinski definition) is 4. The normalized spacial score (nSPS) is 18.0. The molecule has 0 aliphatic carbocycles. The fourth-order valence-corrected chi connectivity index (χ4v) is 2.55. The number of carbonyl (C=O) groups is 1. The molecule has 1 fully saturated rings. The van der Waals surface area contributed by atoms with Crippen molar-refractivity contribution in [1.29, 1.82) is 0 Å². The number of hydrogen-bond donors (Lipinski definition) is 1. The monoisotopic (exact) mass is 317 g/mol. The predicted molar refractivity (Wildman–Crippen MR) is 81.8 cm³/mol. The molecule has 2 heterocycles. The Hall–Kier alpha value is -2.54. The molecule has 1 saturated heterocycles. The predicted octanol–water partition coefficient (Wildman–Crippen LogP) is 3.89. The molecule has 1 aliphatic rings. The van der Waals surface area contributed by atoms with Crippen LogP contribution >= 0.6 is 11.8 Å². The minimum atomic E-state index is -0.989. The standard InChI is InChI=1S/C15H9F2N3OS/c16-11-4-3-10(7-12(11)17)19-14-13(22-15(21)20-14)6-9-2-1-5-18-8-9/h1-8H,(H,19,20,21)/b13-6-. The Morgan fingerprint density at radius 3 is 2.82 bits per heavy atom. The molecule has 7 heteroatoms. The van der Waals surface area contributed by atoms with E-state index in [-0.39, 0.29) is 10.9 Å². The second kappa shape index (κ2) is 6.07. The first-order valence-electron chi connectivity index (χ1n) is 6.26. The lowest BCUT2D eigenvalue weighted by molar-refractivity contribution is 0.265. The van der Waals surface area contributed by atoms with E-state index in [1.54, 1.807) is 24.5 Å². The smallest absolute Gasteiger partial charge is 0.289 e. The fraction of sp³-hybridized carbons (Fsp3) is 0. The summed E-state index contributed by atoms with van der Waals surface area (Å²) in [6.07, 6.45) is 5.03. The fourth-order valence-electron chi connectivity index (χ4n) is 1.81. The van der Waals surface area contributed by atoms with Crippen LogP contribution in [0.2, 0.25) is 0 Å². The molecule has 4 nitrogen and oxygen atoms in total. The van der Waals surface area contributed by atoms with Crippen molar-refractivity contribution in [2.45, 2.75) is 0 Å². The van der Waals surface area contributed by atoms with Gasteiger partial charge in [0.2, 0.25) is 0 Å². The third-order valence-electron chi connectivity index (χ3n) is 2.78. The molecular formula is C15H9F2N3OS. The van der Waals surface area contributed by atoms with Crippen LogP contribution in [0.25, 0.3) is 6.08 Å². The van der Waals surface area contributed by atoms with Crippen molar-refractivity contribution in [2.24, 2.45) is 4.99 Å². The highest BCUT2D eigenvalue weighted by atomic mass is 32.2. The topological polar surface area (TPSA) is 54.4 Å². The number of aliphatic imine (C=N–C) groups is 1. The zero-order chi connectivity index (χ0) is 15.5. The Morgan fingerprint density at radius 2 is 2.09 bits per heavy atom. The summed E-state index contributed by atoms with van der Waals surface area (Å²) in [4.78, 5) is 20.3. The van der Waals surface area contributed by atoms with E-state index in [1.165, 1.54) is 6.07 Å². The van der Waals surface area contributed by atoms with E-state index in [2.05, 4.69) is 15.3 Å². The van der Waals surface area contributed by atoms with Crippen LogP contribution in [0.3, 0.4) is 0 Å². The minimum Gasteiger partial charge on any atom is -0.300 e. The van der Waals surface area contributed by atoms with Gasteiger partial charge in [0, 0.05) is 18.5 Å². The molecule has 2 aromatic rings. The number of carbonyl (C=O) groups excluding carboxylic acids is 1. The molecule has 110 valence electrons. The van der Waals surface area contributed by atoms with E-state index in [0.717, 1.165) is 29.5 Å². The molecule has 22 heavy (non-hydrogen) atoms. The van der Waals surface area contributed by atoms with Crippen LogP contribution in [0.5, 0.6) is 0 Å². The first-order valence-corrected chi connectivity index (χ1v) is 7.08. The Labute approximate surface area is 129 Å². The van der Waals surface area contributed by atoms with E-state index in [4.69, 9.17) is 0 Å². The Balaban J connectivity index is 1.96. The van der Waals surface area contributed by atoms with E-state index in [0.29, 0.717) is 10.7 Å². The molecule has 1 aromatic heterocycles. The van der Waals surface area contributed by atoms with Crippen LogP contribution in [0.1, 0.15) is 5.56 Å². The number of halogens is 2. The number of aromatic nitrogens is 1. The van der Waals surface area contributed by atoms with Crippen molar-refractivity contribution in [3.63, 3.8) is 0 Å². The summed E-state index contributed by atoms with van der Waals surface area (Å²) >= 11 is 0.980. The summed E-state index contributed by atoms with van der Waals surface area (Å²) in [6.45, 7) is 0. The van der Waals surface area contributed by atoms with Crippen molar-refractivity contribution in [3.8, 4) is 0 Å². The maximum atomic E-state index is 13.2. The van der Waals surface area contributed by atoms with Gasteiger partial charge in [-0.3, -0.25) is 9.78 Å². The summed E-state index contributed by atoms with van der Waals surface area (Å²) in [7, 11) is 0. The number of pyridine rings is 1. The molecule has 3 rings (SSSR count). The number of nitrogens with one attached hydrogen (secondary N) is 1. The third-order valence-corrected chi connectivity index (χ3v) is 3.60. The van der Waals surface area contributed by atoms with Gasteiger partial charge in [0.15, 0.2) is 11.6 Å². The van der Waals surface area contributed by atoms with Crippen molar-refractivity contribution >= 4 is 34.6 Å². The maximum Gasteiger partial charge on any atom is 0.289 e. The number of nitrogens with zero attached hydrogens (tertiary/aromatic N) is 2. The van der Waals surface area contributed by atoms with Crippen molar-refractivity contribution in [2.75, 3.05) is 0 Å². The molecule has 0 spiro atoms. The van der Waals surface area contributed by atoms with Crippen LogP contribution in [-0.2, 0) is 0 Å². The van der Waals surface area contributed by atoms with E-state index in [9.17, 15) is 13.6 Å². The summed E-state index contributed by atoms with van der Waals surface area (Å²) in [6, 6.07) is 6.90. The van der Waals surface area contributed by atoms with Gasteiger partial charge in [-0.15, -0.1) is 0 Å². The van der Waals surface area contributed by atoms with Gasteiger partial charge in [-0.25, -0.2) is 13.8 Å². The van der Waals surface area contributed by atoms with Gasteiger partial charge in [0.1, 0.15) is 5.84 Å². The number of benzene rings is 1. The molecular weight excluding hydrogens is 308 g/mol. The quantitative estimate of drug-likeness (QED) is 0.914. The zero-order valence-corrected chi connectivity index (χ0v) is 11.9. The second-order valence-corrected chi connectivity index (χ2v) is 5.38. The lowest BCUT2D eigenvalue weighted by atomic mass is 10.2. The van der Waals surface area contributed by atoms with E-state index < -0.39 is 11.6 Å². The largest absolute Gasteiger partial charge is 0.300 e. The zero-order valence-electron chi connectivity index (χ0n) is 11.1. The van der Waals surface area contributed by atoms with Crippen LogP contribution in [0.4, 0.5) is 19.3 Å². The van der Waals surface area contributed by atoms with E-state index >= 15 is 0 Å². The molecule has 1 N–H and O–H groups in total. The summed E-state index contributed by atoms with van der Waals surface area (Å²) in [5.41, 5.74) is 1.02. The summed E-state index contributed by atoms with van der Waals surface area (Å²) < 4.78 is 26.1. The lowest BCUT2D eigenvalue weighted by Gasteiger charge is -2.00. The Morgan fingerprint density at radius 1 is 1.23 bits per heavy atom. The molecule has 0 radical (unpaired) electrons. The van der Waals surface area contributed by atoms with Gasteiger partial charge >= 0.3 is 0 Å². The van der Waals surface area contributed by atoms with Gasteiger partial charge in [0.25, 0.3) is 5.24 Å². The molecule has 1 aromatic carbocycles. The molecule has 0 bridgehead atoms.